The number of nitrogens with one attached hydrogen (secondary N) is 1. The maximum atomic E-state index is 12.8. The minimum absolute atomic E-state index is 0.0317. The van der Waals surface area contributed by atoms with Gasteiger partial charge < -0.3 is 10.2 Å². The first-order valence-electron chi connectivity index (χ1n) is 8.99. The van der Waals surface area contributed by atoms with E-state index < -0.39 is 11.6 Å². The maximum absolute atomic E-state index is 12.8. The lowest BCUT2D eigenvalue weighted by atomic mass is 9.96. The molecule has 1 N–H and O–H groups in total. The Labute approximate surface area is 147 Å². The predicted octanol–water partition coefficient (Wildman–Crippen LogP) is 2.07. The van der Waals surface area contributed by atoms with Gasteiger partial charge in [-0.25, -0.2) is 4.79 Å². The van der Waals surface area contributed by atoms with Crippen LogP contribution >= 0.6 is 0 Å². The lowest BCUT2D eigenvalue weighted by molar-refractivity contribution is -0.139. The van der Waals surface area contributed by atoms with Gasteiger partial charge in [-0.1, -0.05) is 30.3 Å². The van der Waals surface area contributed by atoms with Gasteiger partial charge in [0.1, 0.15) is 12.1 Å². The maximum Gasteiger partial charge on any atom is 0.325 e. The number of imide groups is 1. The Morgan fingerprint density at radius 1 is 1.20 bits per heavy atom. The number of carbonyl (C=O) groups excluding carboxylic acids is 3. The first-order chi connectivity index (χ1) is 12.0. The van der Waals surface area contributed by atoms with Gasteiger partial charge in [0, 0.05) is 6.54 Å². The van der Waals surface area contributed by atoms with Crippen molar-refractivity contribution in [2.45, 2.75) is 44.2 Å². The molecule has 0 bridgehead atoms. The molecule has 1 aromatic rings. The van der Waals surface area contributed by atoms with Crippen LogP contribution in [0, 0.1) is 5.92 Å². The topological polar surface area (TPSA) is 69.7 Å². The summed E-state index contributed by atoms with van der Waals surface area (Å²) < 4.78 is 0. The predicted molar refractivity (Wildman–Crippen MR) is 91.5 cm³/mol. The van der Waals surface area contributed by atoms with Gasteiger partial charge in [-0.2, -0.15) is 0 Å². The number of hydrogen-bond donors (Lipinski definition) is 1. The quantitative estimate of drug-likeness (QED) is 0.853. The molecule has 2 heterocycles. The van der Waals surface area contributed by atoms with Crippen molar-refractivity contribution < 1.29 is 14.4 Å². The SMILES string of the molecule is C[C@@]1(C2CC2)NC(=O)N(CC(=O)N2CCC[C@@H]2c2ccccc2)C1=O. The molecule has 2 saturated heterocycles. The third kappa shape index (κ3) is 2.69. The fourth-order valence-corrected chi connectivity index (χ4v) is 4.11. The fourth-order valence-electron chi connectivity index (χ4n) is 4.11. The van der Waals surface area contributed by atoms with E-state index in [1.165, 1.54) is 0 Å². The Balaban J connectivity index is 1.48. The van der Waals surface area contributed by atoms with Crippen molar-refractivity contribution in [1.29, 1.82) is 0 Å². The summed E-state index contributed by atoms with van der Waals surface area (Å²) in [7, 11) is 0. The van der Waals surface area contributed by atoms with Crippen molar-refractivity contribution in [3.05, 3.63) is 35.9 Å². The number of rotatable bonds is 4. The Bertz CT molecular complexity index is 716. The average molecular weight is 341 g/mol. The molecular formula is C19H23N3O3. The second-order valence-electron chi connectivity index (χ2n) is 7.45. The van der Waals surface area contributed by atoms with E-state index in [2.05, 4.69) is 5.32 Å². The smallest absolute Gasteiger partial charge is 0.325 e. The standard InChI is InChI=1S/C19H23N3O3/c1-19(14-9-10-14)17(24)22(18(25)20-19)12-16(23)21-11-5-8-15(21)13-6-3-2-4-7-13/h2-4,6-7,14-15H,5,8-12H2,1H3,(H,20,25)/t15-,19+/m1/s1. The van der Waals surface area contributed by atoms with Crippen LogP contribution in [-0.4, -0.2) is 46.3 Å². The van der Waals surface area contributed by atoms with Crippen LogP contribution in [-0.2, 0) is 9.59 Å². The van der Waals surface area contributed by atoms with Crippen molar-refractivity contribution >= 4 is 17.8 Å². The van der Waals surface area contributed by atoms with E-state index in [4.69, 9.17) is 0 Å². The first-order valence-corrected chi connectivity index (χ1v) is 8.99. The van der Waals surface area contributed by atoms with E-state index in [9.17, 15) is 14.4 Å². The summed E-state index contributed by atoms with van der Waals surface area (Å²) >= 11 is 0. The monoisotopic (exact) mass is 341 g/mol. The van der Waals surface area contributed by atoms with E-state index in [0.29, 0.717) is 6.54 Å². The van der Waals surface area contributed by atoms with Crippen LogP contribution in [0.15, 0.2) is 30.3 Å². The van der Waals surface area contributed by atoms with Crippen LogP contribution in [0.5, 0.6) is 0 Å². The number of amides is 4. The van der Waals surface area contributed by atoms with E-state index >= 15 is 0 Å². The molecule has 6 nitrogen and oxygen atoms in total. The molecule has 0 aromatic heterocycles. The van der Waals surface area contributed by atoms with Crippen LogP contribution in [0.4, 0.5) is 4.79 Å². The summed E-state index contributed by atoms with van der Waals surface area (Å²) in [6.45, 7) is 2.27. The summed E-state index contributed by atoms with van der Waals surface area (Å²) in [4.78, 5) is 40.7. The zero-order valence-corrected chi connectivity index (χ0v) is 14.4. The van der Waals surface area contributed by atoms with Crippen LogP contribution in [0.2, 0.25) is 0 Å². The number of likely N-dealkylation sites (tertiary alicyclic amines) is 1. The highest BCUT2D eigenvalue weighted by Crippen LogP contribution is 2.42. The highest BCUT2D eigenvalue weighted by Gasteiger charge is 2.56. The lowest BCUT2D eigenvalue weighted by Crippen LogP contribution is -2.47. The van der Waals surface area contributed by atoms with Gasteiger partial charge in [-0.05, 0) is 44.1 Å². The van der Waals surface area contributed by atoms with Gasteiger partial charge in [-0.3, -0.25) is 14.5 Å². The zero-order valence-electron chi connectivity index (χ0n) is 14.4. The normalized spacial score (nSPS) is 29.2. The molecular weight excluding hydrogens is 318 g/mol. The molecule has 2 aliphatic heterocycles. The van der Waals surface area contributed by atoms with Gasteiger partial charge in [0.25, 0.3) is 5.91 Å². The number of carbonyl (C=O) groups is 3. The van der Waals surface area contributed by atoms with Crippen molar-refractivity contribution in [1.82, 2.24) is 15.1 Å². The largest absolute Gasteiger partial charge is 0.334 e. The molecule has 4 amide bonds. The fraction of sp³-hybridized carbons (Fsp3) is 0.526. The molecule has 3 fully saturated rings. The number of benzene rings is 1. The molecule has 2 atom stereocenters. The van der Waals surface area contributed by atoms with Gasteiger partial charge in [-0.15, -0.1) is 0 Å². The molecule has 0 spiro atoms. The van der Waals surface area contributed by atoms with Gasteiger partial charge in [0.2, 0.25) is 5.91 Å². The van der Waals surface area contributed by atoms with E-state index in [-0.39, 0.29) is 30.3 Å². The molecule has 1 saturated carbocycles. The van der Waals surface area contributed by atoms with Crippen LogP contribution in [0.3, 0.4) is 0 Å². The molecule has 0 radical (unpaired) electrons. The highest BCUT2D eigenvalue weighted by molar-refractivity contribution is 6.09. The van der Waals surface area contributed by atoms with Crippen molar-refractivity contribution in [3.63, 3.8) is 0 Å². The van der Waals surface area contributed by atoms with Gasteiger partial charge in [0.15, 0.2) is 0 Å². The summed E-state index contributed by atoms with van der Waals surface area (Å²) in [5.74, 6) is -0.216. The Kier molecular flexibility index (Phi) is 3.78. The first kappa shape index (κ1) is 16.1. The van der Waals surface area contributed by atoms with Gasteiger partial charge in [0.05, 0.1) is 6.04 Å². The molecule has 6 heteroatoms. The minimum Gasteiger partial charge on any atom is -0.334 e. The second-order valence-corrected chi connectivity index (χ2v) is 7.45. The molecule has 1 aliphatic carbocycles. The average Bonchev–Trinajstić information content (AvgIpc) is 3.32. The number of urea groups is 1. The van der Waals surface area contributed by atoms with Crippen LogP contribution in [0.25, 0.3) is 0 Å². The Hall–Kier alpha value is -2.37. The molecule has 132 valence electrons. The third-order valence-corrected chi connectivity index (χ3v) is 5.75. The molecule has 0 unspecified atom stereocenters. The van der Waals surface area contributed by atoms with Crippen LogP contribution in [0.1, 0.15) is 44.2 Å². The van der Waals surface area contributed by atoms with E-state index in [1.54, 1.807) is 6.92 Å². The second kappa shape index (κ2) is 5.86. The van der Waals surface area contributed by atoms with E-state index in [0.717, 1.165) is 36.1 Å². The zero-order chi connectivity index (χ0) is 17.6. The van der Waals surface area contributed by atoms with Crippen LogP contribution < -0.4 is 5.32 Å². The third-order valence-electron chi connectivity index (χ3n) is 5.75. The summed E-state index contributed by atoms with van der Waals surface area (Å²) in [5, 5.41) is 2.80. The summed E-state index contributed by atoms with van der Waals surface area (Å²) in [6.07, 6.45) is 3.75. The molecule has 3 aliphatic rings. The highest BCUT2D eigenvalue weighted by atomic mass is 16.2. The molecule has 1 aromatic carbocycles. The van der Waals surface area contributed by atoms with Crippen molar-refractivity contribution in [3.8, 4) is 0 Å². The Morgan fingerprint density at radius 3 is 2.60 bits per heavy atom. The van der Waals surface area contributed by atoms with Crippen molar-refractivity contribution in [2.75, 3.05) is 13.1 Å². The molecule has 25 heavy (non-hydrogen) atoms. The van der Waals surface area contributed by atoms with Crippen molar-refractivity contribution in [2.24, 2.45) is 5.92 Å². The minimum atomic E-state index is -0.832. The summed E-state index contributed by atoms with van der Waals surface area (Å²) in [6, 6.07) is 9.52. The van der Waals surface area contributed by atoms with E-state index in [1.807, 2.05) is 35.2 Å². The summed E-state index contributed by atoms with van der Waals surface area (Å²) in [5.41, 5.74) is 0.273. The lowest BCUT2D eigenvalue weighted by Gasteiger charge is -2.27. The molecule has 4 rings (SSSR count). The van der Waals surface area contributed by atoms with Gasteiger partial charge >= 0.3 is 6.03 Å². The number of nitrogens with zero attached hydrogens (tertiary/aromatic N) is 2. The number of hydrogen-bond acceptors (Lipinski definition) is 3. The Morgan fingerprint density at radius 2 is 1.92 bits per heavy atom.